The second-order valence-electron chi connectivity index (χ2n) is 3.01. The van der Waals surface area contributed by atoms with Crippen LogP contribution in [0, 0.1) is 0 Å². The van der Waals surface area contributed by atoms with E-state index in [4.69, 9.17) is 12.6 Å². The molecule has 0 saturated heterocycles. The first kappa shape index (κ1) is 9.27. The van der Waals surface area contributed by atoms with Crippen molar-refractivity contribution in [2.45, 2.75) is 0 Å². The molecule has 0 atom stereocenters. The number of imide groups is 1. The fraction of sp³-hybridized carbons (Fsp3) is 0.200. The highest BCUT2D eigenvalue weighted by Crippen LogP contribution is 2.21. The molecule has 2 rings (SSSR count). The van der Waals surface area contributed by atoms with Crippen LogP contribution in [0.2, 0.25) is 0 Å². The van der Waals surface area contributed by atoms with Gasteiger partial charge >= 0.3 is 0 Å². The van der Waals surface area contributed by atoms with Gasteiger partial charge in [-0.1, -0.05) is 24.8 Å². The van der Waals surface area contributed by atoms with Gasteiger partial charge in [-0.15, -0.1) is 0 Å². The first-order valence-corrected chi connectivity index (χ1v) is 4.87. The van der Waals surface area contributed by atoms with Crippen LogP contribution in [0.4, 0.5) is 0 Å². The molecule has 1 aromatic rings. The predicted octanol–water partition coefficient (Wildman–Crippen LogP) is 1.48. The van der Waals surface area contributed by atoms with Gasteiger partial charge in [0.15, 0.2) is 0 Å². The zero-order valence-corrected chi connectivity index (χ0v) is 8.21. The molecule has 0 unspecified atom stereocenters. The molecule has 0 saturated carbocycles. The maximum atomic E-state index is 11.7. The number of hydrogen-bond acceptors (Lipinski definition) is 2. The Morgan fingerprint density at radius 3 is 2.00 bits per heavy atom. The molecule has 2 amide bonds. The molecule has 0 aromatic heterocycles. The number of hydrogen-bond donors (Lipinski definition) is 0. The smallest absolute Gasteiger partial charge is 0.261 e. The normalized spacial score (nSPS) is 14.8. The van der Waals surface area contributed by atoms with Crippen molar-refractivity contribution in [3.8, 4) is 0 Å². The van der Waals surface area contributed by atoms with Crippen molar-refractivity contribution in [3.05, 3.63) is 35.4 Å². The van der Waals surface area contributed by atoms with Gasteiger partial charge < -0.3 is 0 Å². The van der Waals surface area contributed by atoms with Crippen LogP contribution in [0.5, 0.6) is 0 Å². The Labute approximate surface area is 87.1 Å². The van der Waals surface area contributed by atoms with Gasteiger partial charge in [-0.2, -0.15) is 0 Å². The van der Waals surface area contributed by atoms with Gasteiger partial charge in [0.2, 0.25) is 0 Å². The van der Waals surface area contributed by atoms with E-state index in [0.717, 1.165) is 0 Å². The molecule has 14 heavy (non-hydrogen) atoms. The van der Waals surface area contributed by atoms with Crippen LogP contribution in [-0.4, -0.2) is 29.0 Å². The number of fused-ring (bicyclic) bond motifs is 1. The summed E-state index contributed by atoms with van der Waals surface area (Å²) in [5, 5.41) is 0. The lowest BCUT2D eigenvalue weighted by atomic mass is 10.1. The Morgan fingerprint density at radius 2 is 1.57 bits per heavy atom. The van der Waals surface area contributed by atoms with Gasteiger partial charge in [0.25, 0.3) is 11.8 Å². The number of carbonyl (C=O) groups is 2. The Balaban J connectivity index is 2.43. The summed E-state index contributed by atoms with van der Waals surface area (Å²) in [6, 6.07) is 6.83. The number of amides is 2. The quantitative estimate of drug-likeness (QED) is 0.687. The molecule has 3 nitrogen and oxygen atoms in total. The van der Waals surface area contributed by atoms with E-state index in [2.05, 4.69) is 0 Å². The Bertz CT molecular complexity index is 368. The van der Waals surface area contributed by atoms with Gasteiger partial charge in [0, 0.05) is 12.3 Å². The molecule has 71 valence electrons. The van der Waals surface area contributed by atoms with E-state index in [1.54, 1.807) is 24.3 Å². The summed E-state index contributed by atoms with van der Waals surface area (Å²) in [5.74, 6) is -0.0724. The van der Waals surface area contributed by atoms with Crippen molar-refractivity contribution in [1.82, 2.24) is 4.90 Å². The molecule has 1 aliphatic heterocycles. The second-order valence-corrected chi connectivity index (χ2v) is 3.42. The van der Waals surface area contributed by atoms with Crippen molar-refractivity contribution in [2.24, 2.45) is 0 Å². The lowest BCUT2D eigenvalue weighted by Gasteiger charge is -2.10. The molecule has 0 N–H and O–H groups in total. The highest BCUT2D eigenvalue weighted by atomic mass is 32.1. The fourth-order valence-corrected chi connectivity index (χ4v) is 1.72. The number of nitrogens with zero attached hydrogens (tertiary/aromatic N) is 1. The van der Waals surface area contributed by atoms with Crippen molar-refractivity contribution in [2.75, 3.05) is 12.3 Å². The monoisotopic (exact) mass is 206 g/mol. The molecular formula is C10H8NO2S. The molecule has 0 aliphatic carbocycles. The van der Waals surface area contributed by atoms with Crippen molar-refractivity contribution < 1.29 is 9.59 Å². The topological polar surface area (TPSA) is 37.4 Å². The summed E-state index contributed by atoms with van der Waals surface area (Å²) in [7, 11) is 0. The SMILES string of the molecule is O=C1c2ccccc2C(=O)N1CC[S]. The lowest BCUT2D eigenvalue weighted by molar-refractivity contribution is 0.0664. The van der Waals surface area contributed by atoms with E-state index in [9.17, 15) is 9.59 Å². The maximum Gasteiger partial charge on any atom is 0.261 e. The fourth-order valence-electron chi connectivity index (χ4n) is 1.53. The van der Waals surface area contributed by atoms with Gasteiger partial charge in [-0.25, -0.2) is 0 Å². The number of carbonyl (C=O) groups excluding carboxylic acids is 2. The molecule has 0 bridgehead atoms. The van der Waals surface area contributed by atoms with Gasteiger partial charge in [0.1, 0.15) is 0 Å². The molecule has 1 aliphatic rings. The first-order chi connectivity index (χ1) is 6.75. The van der Waals surface area contributed by atoms with E-state index < -0.39 is 0 Å². The van der Waals surface area contributed by atoms with Crippen LogP contribution in [0.15, 0.2) is 24.3 Å². The van der Waals surface area contributed by atoms with Gasteiger partial charge in [-0.05, 0) is 12.1 Å². The predicted molar refractivity (Wildman–Crippen MR) is 54.3 cm³/mol. The summed E-state index contributed by atoms with van der Waals surface area (Å²) in [5.41, 5.74) is 0.974. The molecule has 1 heterocycles. The molecular weight excluding hydrogens is 198 g/mol. The highest BCUT2D eigenvalue weighted by Gasteiger charge is 2.34. The zero-order chi connectivity index (χ0) is 10.1. The van der Waals surface area contributed by atoms with Crippen molar-refractivity contribution in [3.63, 3.8) is 0 Å². The van der Waals surface area contributed by atoms with Crippen LogP contribution in [-0.2, 0) is 0 Å². The minimum Gasteiger partial charge on any atom is -0.273 e. The molecule has 1 radical (unpaired) electrons. The molecule has 0 fully saturated rings. The van der Waals surface area contributed by atoms with Crippen LogP contribution < -0.4 is 0 Å². The van der Waals surface area contributed by atoms with E-state index >= 15 is 0 Å². The summed E-state index contributed by atoms with van der Waals surface area (Å²) in [6.45, 7) is 0.321. The van der Waals surface area contributed by atoms with Crippen LogP contribution in [0.25, 0.3) is 0 Å². The van der Waals surface area contributed by atoms with E-state index in [1.807, 2.05) is 0 Å². The van der Waals surface area contributed by atoms with E-state index in [0.29, 0.717) is 23.4 Å². The van der Waals surface area contributed by atoms with E-state index in [-0.39, 0.29) is 11.8 Å². The Kier molecular flexibility index (Phi) is 2.29. The molecule has 0 spiro atoms. The third-order valence-electron chi connectivity index (χ3n) is 2.19. The maximum absolute atomic E-state index is 11.7. The summed E-state index contributed by atoms with van der Waals surface area (Å²) in [4.78, 5) is 24.5. The second kappa shape index (κ2) is 3.46. The summed E-state index contributed by atoms with van der Waals surface area (Å²) in [6.07, 6.45) is 0. The largest absolute Gasteiger partial charge is 0.273 e. The van der Waals surface area contributed by atoms with Crippen molar-refractivity contribution >= 4 is 24.4 Å². The lowest BCUT2D eigenvalue weighted by Crippen LogP contribution is -2.31. The average molecular weight is 206 g/mol. The van der Waals surface area contributed by atoms with Gasteiger partial charge in [-0.3, -0.25) is 14.5 Å². The third-order valence-corrected chi connectivity index (χ3v) is 2.38. The molecule has 4 heteroatoms. The highest BCUT2D eigenvalue weighted by molar-refractivity contribution is 7.80. The van der Waals surface area contributed by atoms with Gasteiger partial charge in [0.05, 0.1) is 11.1 Å². The Hall–Kier alpha value is -1.29. The van der Waals surface area contributed by atoms with Crippen LogP contribution in [0.1, 0.15) is 20.7 Å². The number of rotatable bonds is 2. The van der Waals surface area contributed by atoms with Crippen LogP contribution >= 0.6 is 12.6 Å². The molecule has 1 aromatic carbocycles. The van der Waals surface area contributed by atoms with Crippen LogP contribution in [0.3, 0.4) is 0 Å². The Morgan fingerprint density at radius 1 is 1.07 bits per heavy atom. The zero-order valence-electron chi connectivity index (χ0n) is 7.40. The summed E-state index contributed by atoms with van der Waals surface area (Å²) >= 11 is 4.76. The van der Waals surface area contributed by atoms with E-state index in [1.165, 1.54) is 4.90 Å². The average Bonchev–Trinajstić information content (AvgIpc) is 2.45. The minimum absolute atomic E-state index is 0.226. The minimum atomic E-state index is -0.226. The summed E-state index contributed by atoms with van der Waals surface area (Å²) < 4.78 is 0. The van der Waals surface area contributed by atoms with Crippen molar-refractivity contribution in [1.29, 1.82) is 0 Å². The standard InChI is InChI=1S/C10H8NO2S/c12-9-7-3-1-2-4-8(7)10(13)11(9)5-6-14/h1-4H,5-6H2. The first-order valence-electron chi connectivity index (χ1n) is 4.29. The number of benzene rings is 1. The third kappa shape index (κ3) is 1.23.